The summed E-state index contributed by atoms with van der Waals surface area (Å²) in [5.41, 5.74) is 3.02. The minimum atomic E-state index is -2.84. The van der Waals surface area contributed by atoms with Gasteiger partial charge in [-0.15, -0.1) is 24.0 Å². The fourth-order valence-corrected chi connectivity index (χ4v) is 2.55. The summed E-state index contributed by atoms with van der Waals surface area (Å²) in [6.07, 6.45) is 0.847. The fraction of sp³-hybridized carbons (Fsp3) is 0.350. The molecule has 0 spiro atoms. The van der Waals surface area contributed by atoms with Gasteiger partial charge in [-0.05, 0) is 30.2 Å². The van der Waals surface area contributed by atoms with Crippen LogP contribution < -0.4 is 20.3 Å². The average Bonchev–Trinajstić information content (AvgIpc) is 2.65. The topological polar surface area (TPSA) is 48.9 Å². The van der Waals surface area contributed by atoms with E-state index in [1.807, 2.05) is 14.1 Å². The molecule has 0 saturated carbocycles. The van der Waals surface area contributed by atoms with Crippen molar-refractivity contribution in [3.8, 4) is 5.75 Å². The molecule has 0 radical (unpaired) electrons. The number of aliphatic imine (C=N–C) groups is 1. The highest BCUT2D eigenvalue weighted by Gasteiger charge is 2.09. The smallest absolute Gasteiger partial charge is 0.387 e. The Morgan fingerprint density at radius 1 is 1.07 bits per heavy atom. The second-order valence-electron chi connectivity index (χ2n) is 6.15. The van der Waals surface area contributed by atoms with Gasteiger partial charge in [0.15, 0.2) is 5.96 Å². The van der Waals surface area contributed by atoms with E-state index >= 15 is 0 Å². The summed E-state index contributed by atoms with van der Waals surface area (Å²) in [5, 5.41) is 6.34. The maximum absolute atomic E-state index is 12.5. The Morgan fingerprint density at radius 2 is 1.75 bits per heavy atom. The van der Waals surface area contributed by atoms with Gasteiger partial charge in [-0.3, -0.25) is 4.99 Å². The molecule has 0 unspecified atom stereocenters. The van der Waals surface area contributed by atoms with E-state index in [1.165, 1.54) is 11.6 Å². The number of hydrogen-bond donors (Lipinski definition) is 2. The molecule has 0 amide bonds. The van der Waals surface area contributed by atoms with E-state index in [0.29, 0.717) is 24.6 Å². The third kappa shape index (κ3) is 7.87. The Kier molecular flexibility index (Phi) is 10.6. The van der Waals surface area contributed by atoms with Gasteiger partial charge in [0, 0.05) is 45.5 Å². The highest BCUT2D eigenvalue weighted by Crippen LogP contribution is 2.19. The summed E-state index contributed by atoms with van der Waals surface area (Å²) in [6.45, 7) is -1.81. The first kappa shape index (κ1) is 23.9. The molecule has 0 aromatic heterocycles. The van der Waals surface area contributed by atoms with Crippen LogP contribution in [-0.4, -0.2) is 40.3 Å². The molecule has 5 nitrogen and oxygen atoms in total. The number of rotatable bonds is 8. The minimum Gasteiger partial charge on any atom is -0.434 e. The van der Waals surface area contributed by atoms with Gasteiger partial charge in [0.05, 0.1) is 0 Å². The number of anilines is 1. The van der Waals surface area contributed by atoms with Crippen LogP contribution in [0, 0.1) is 0 Å². The van der Waals surface area contributed by atoms with Crippen molar-refractivity contribution >= 4 is 35.6 Å². The predicted molar refractivity (Wildman–Crippen MR) is 121 cm³/mol. The van der Waals surface area contributed by atoms with E-state index in [4.69, 9.17) is 0 Å². The number of nitrogens with zero attached hydrogens (tertiary/aromatic N) is 2. The highest BCUT2D eigenvalue weighted by atomic mass is 127. The molecule has 2 rings (SSSR count). The summed E-state index contributed by atoms with van der Waals surface area (Å²) >= 11 is 0. The van der Waals surface area contributed by atoms with Gasteiger partial charge in [0.1, 0.15) is 5.75 Å². The Balaban J connectivity index is 0.00000392. The molecular formula is C20H27F2IN4O. The normalized spacial score (nSPS) is 11.0. The molecular weight excluding hydrogens is 477 g/mol. The molecule has 2 aromatic carbocycles. The van der Waals surface area contributed by atoms with E-state index in [2.05, 4.69) is 49.5 Å². The van der Waals surface area contributed by atoms with Crippen molar-refractivity contribution in [1.82, 2.24) is 10.6 Å². The maximum atomic E-state index is 12.5. The zero-order valence-electron chi connectivity index (χ0n) is 16.3. The highest BCUT2D eigenvalue weighted by molar-refractivity contribution is 14.0. The number of halogens is 3. The van der Waals surface area contributed by atoms with Gasteiger partial charge in [0.25, 0.3) is 0 Å². The molecule has 0 fully saturated rings. The Morgan fingerprint density at radius 3 is 2.36 bits per heavy atom. The van der Waals surface area contributed by atoms with Crippen LogP contribution in [0.5, 0.6) is 5.75 Å². The van der Waals surface area contributed by atoms with Crippen LogP contribution in [0.3, 0.4) is 0 Å². The first-order valence-electron chi connectivity index (χ1n) is 8.73. The summed E-state index contributed by atoms with van der Waals surface area (Å²) in [4.78, 5) is 6.22. The molecule has 0 heterocycles. The third-order valence-electron chi connectivity index (χ3n) is 4.02. The van der Waals surface area contributed by atoms with Crippen LogP contribution in [-0.2, 0) is 13.0 Å². The lowest BCUT2D eigenvalue weighted by Crippen LogP contribution is -2.37. The molecule has 154 valence electrons. The molecule has 2 N–H and O–H groups in total. The van der Waals surface area contributed by atoms with Crippen LogP contribution in [0.25, 0.3) is 0 Å². The summed E-state index contributed by atoms with van der Waals surface area (Å²) in [6, 6.07) is 15.1. The predicted octanol–water partition coefficient (Wildman–Crippen LogP) is 3.88. The summed E-state index contributed by atoms with van der Waals surface area (Å²) in [5.74, 6) is 0.767. The van der Waals surface area contributed by atoms with Crippen molar-refractivity contribution in [3.63, 3.8) is 0 Å². The minimum absolute atomic E-state index is 0. The number of alkyl halides is 2. The first-order chi connectivity index (χ1) is 13.0. The monoisotopic (exact) mass is 504 g/mol. The molecule has 8 heteroatoms. The van der Waals surface area contributed by atoms with Crippen molar-refractivity contribution in [2.75, 3.05) is 32.6 Å². The molecule has 0 atom stereocenters. The SMILES string of the molecule is CN=C(NCCc1ccc(N(C)C)cc1)NCc1ccccc1OC(F)F.I. The van der Waals surface area contributed by atoms with E-state index < -0.39 is 6.61 Å². The van der Waals surface area contributed by atoms with Gasteiger partial charge in [-0.25, -0.2) is 0 Å². The van der Waals surface area contributed by atoms with Crippen molar-refractivity contribution < 1.29 is 13.5 Å². The van der Waals surface area contributed by atoms with Crippen LogP contribution in [0.15, 0.2) is 53.5 Å². The van der Waals surface area contributed by atoms with Gasteiger partial charge in [-0.2, -0.15) is 8.78 Å². The van der Waals surface area contributed by atoms with Crippen LogP contribution in [0.2, 0.25) is 0 Å². The fourth-order valence-electron chi connectivity index (χ4n) is 2.55. The Labute approximate surface area is 182 Å². The number of ether oxygens (including phenoxy) is 1. The Bertz CT molecular complexity index is 739. The van der Waals surface area contributed by atoms with E-state index in [-0.39, 0.29) is 29.7 Å². The van der Waals surface area contributed by atoms with Crippen molar-refractivity contribution in [3.05, 3.63) is 59.7 Å². The number of para-hydroxylation sites is 1. The van der Waals surface area contributed by atoms with Crippen molar-refractivity contribution in [1.29, 1.82) is 0 Å². The van der Waals surface area contributed by atoms with E-state index in [9.17, 15) is 8.78 Å². The molecule has 0 aliphatic heterocycles. The van der Waals surface area contributed by atoms with Crippen molar-refractivity contribution in [2.45, 2.75) is 19.6 Å². The van der Waals surface area contributed by atoms with Crippen molar-refractivity contribution in [2.24, 2.45) is 4.99 Å². The summed E-state index contributed by atoms with van der Waals surface area (Å²) in [7, 11) is 5.69. The van der Waals surface area contributed by atoms with Crippen LogP contribution in [0.1, 0.15) is 11.1 Å². The van der Waals surface area contributed by atoms with E-state index in [1.54, 1.807) is 25.2 Å². The molecule has 28 heavy (non-hydrogen) atoms. The number of benzene rings is 2. The summed E-state index contributed by atoms with van der Waals surface area (Å²) < 4.78 is 29.5. The quantitative estimate of drug-likeness (QED) is 0.326. The average molecular weight is 504 g/mol. The number of nitrogens with one attached hydrogen (secondary N) is 2. The lowest BCUT2D eigenvalue weighted by atomic mass is 10.1. The third-order valence-corrected chi connectivity index (χ3v) is 4.02. The van der Waals surface area contributed by atoms with Crippen LogP contribution >= 0.6 is 24.0 Å². The first-order valence-corrected chi connectivity index (χ1v) is 8.73. The largest absolute Gasteiger partial charge is 0.434 e. The Hall–Kier alpha value is -2.10. The molecule has 0 bridgehead atoms. The lowest BCUT2D eigenvalue weighted by Gasteiger charge is -2.15. The molecule has 0 aliphatic rings. The molecule has 0 saturated heterocycles. The standard InChI is InChI=1S/C20H26F2N4O.HI/c1-23-20(24-13-12-15-8-10-17(11-9-15)26(2)3)25-14-16-6-4-5-7-18(16)27-19(21)22;/h4-11,19H,12-14H2,1-3H3,(H2,23,24,25);1H. The van der Waals surface area contributed by atoms with Gasteiger partial charge in [-0.1, -0.05) is 30.3 Å². The zero-order valence-corrected chi connectivity index (χ0v) is 18.6. The molecule has 0 aliphatic carbocycles. The van der Waals surface area contributed by atoms with Gasteiger partial charge in [0.2, 0.25) is 0 Å². The number of guanidine groups is 1. The second-order valence-corrected chi connectivity index (χ2v) is 6.15. The van der Waals surface area contributed by atoms with E-state index in [0.717, 1.165) is 12.1 Å². The van der Waals surface area contributed by atoms with Gasteiger partial charge >= 0.3 is 6.61 Å². The second kappa shape index (κ2) is 12.4. The lowest BCUT2D eigenvalue weighted by molar-refractivity contribution is -0.0504. The van der Waals surface area contributed by atoms with Gasteiger partial charge < -0.3 is 20.3 Å². The molecule has 2 aromatic rings. The maximum Gasteiger partial charge on any atom is 0.387 e. The number of hydrogen-bond acceptors (Lipinski definition) is 3. The van der Waals surface area contributed by atoms with Crippen LogP contribution in [0.4, 0.5) is 14.5 Å². The zero-order chi connectivity index (χ0) is 19.6.